The van der Waals surface area contributed by atoms with Gasteiger partial charge in [-0.25, -0.2) is 0 Å². The van der Waals surface area contributed by atoms with Crippen molar-refractivity contribution in [2.24, 2.45) is 0 Å². The quantitative estimate of drug-likeness (QED) is 0.464. The van der Waals surface area contributed by atoms with Crippen LogP contribution in [0.4, 0.5) is 0 Å². The summed E-state index contributed by atoms with van der Waals surface area (Å²) in [6.45, 7) is 4.42. The molecular weight excluding hydrogens is 382 g/mol. The third-order valence-corrected chi connectivity index (χ3v) is 4.98. The molecule has 3 aromatic rings. The first-order chi connectivity index (χ1) is 14.0. The van der Waals surface area contributed by atoms with Crippen molar-refractivity contribution in [3.8, 4) is 11.8 Å². The summed E-state index contributed by atoms with van der Waals surface area (Å²) in [6, 6.07) is 21.5. The maximum Gasteiger partial charge on any atom is 0.261 e. The van der Waals surface area contributed by atoms with E-state index in [0.717, 1.165) is 28.2 Å². The second-order valence-electron chi connectivity index (χ2n) is 6.80. The van der Waals surface area contributed by atoms with Crippen molar-refractivity contribution in [3.63, 3.8) is 0 Å². The summed E-state index contributed by atoms with van der Waals surface area (Å²) in [5.41, 5.74) is 4.94. The van der Waals surface area contributed by atoms with Crippen LogP contribution < -0.4 is 5.32 Å². The molecule has 5 heteroatoms. The molecule has 0 atom stereocenters. The van der Waals surface area contributed by atoms with Crippen molar-refractivity contribution in [3.05, 3.63) is 93.8 Å². The van der Waals surface area contributed by atoms with Crippen LogP contribution in [0.15, 0.2) is 66.2 Å². The molecule has 1 aromatic heterocycles. The maximum absolute atomic E-state index is 12.5. The Kier molecular flexibility index (Phi) is 6.54. The van der Waals surface area contributed by atoms with E-state index in [9.17, 15) is 10.1 Å². The fraction of sp³-hybridized carbons (Fsp3) is 0.167. The zero-order chi connectivity index (χ0) is 20.8. The number of hydrogen-bond donors (Lipinski definition) is 1. The Morgan fingerprint density at radius 2 is 1.90 bits per heavy atom. The molecule has 0 unspecified atom stereocenters. The van der Waals surface area contributed by atoms with Gasteiger partial charge < -0.3 is 9.88 Å². The van der Waals surface area contributed by atoms with Crippen LogP contribution in [0.2, 0.25) is 5.02 Å². The number of rotatable bonds is 6. The van der Waals surface area contributed by atoms with Gasteiger partial charge in [0, 0.05) is 28.6 Å². The first-order valence-electron chi connectivity index (χ1n) is 9.38. The number of halogens is 1. The zero-order valence-electron chi connectivity index (χ0n) is 16.4. The maximum atomic E-state index is 12.5. The second kappa shape index (κ2) is 9.27. The summed E-state index contributed by atoms with van der Waals surface area (Å²) >= 11 is 6.13. The van der Waals surface area contributed by atoms with E-state index in [1.165, 1.54) is 0 Å². The van der Waals surface area contributed by atoms with Crippen LogP contribution in [0.5, 0.6) is 0 Å². The Labute approximate surface area is 176 Å². The third-order valence-electron chi connectivity index (χ3n) is 4.74. The van der Waals surface area contributed by atoms with Gasteiger partial charge >= 0.3 is 0 Å². The van der Waals surface area contributed by atoms with Gasteiger partial charge in [0.25, 0.3) is 5.91 Å². The van der Waals surface area contributed by atoms with E-state index in [1.807, 2.05) is 80.6 Å². The molecule has 4 nitrogen and oxygen atoms in total. The average Bonchev–Trinajstić information content (AvgIpc) is 2.99. The molecular formula is C24H22ClN3O. The van der Waals surface area contributed by atoms with Gasteiger partial charge in [-0.1, -0.05) is 48.0 Å². The van der Waals surface area contributed by atoms with Crippen molar-refractivity contribution in [2.45, 2.75) is 20.3 Å². The lowest BCUT2D eigenvalue weighted by Gasteiger charge is -2.10. The molecule has 0 saturated carbocycles. The Bertz CT molecular complexity index is 1090. The number of benzene rings is 2. The Balaban J connectivity index is 1.78. The van der Waals surface area contributed by atoms with Gasteiger partial charge in [0.2, 0.25) is 0 Å². The highest BCUT2D eigenvalue weighted by molar-refractivity contribution is 6.30. The van der Waals surface area contributed by atoms with Gasteiger partial charge in [0.05, 0.1) is 0 Å². The summed E-state index contributed by atoms with van der Waals surface area (Å²) in [4.78, 5) is 12.5. The normalized spacial score (nSPS) is 11.2. The van der Waals surface area contributed by atoms with Gasteiger partial charge in [-0.15, -0.1) is 0 Å². The number of carbonyl (C=O) groups excluding carboxylic acids is 1. The fourth-order valence-electron chi connectivity index (χ4n) is 3.31. The molecule has 0 saturated heterocycles. The molecule has 1 heterocycles. The molecule has 29 heavy (non-hydrogen) atoms. The third kappa shape index (κ3) is 4.96. The molecule has 0 fully saturated rings. The van der Waals surface area contributed by atoms with Crippen molar-refractivity contribution >= 4 is 23.6 Å². The van der Waals surface area contributed by atoms with Crippen molar-refractivity contribution in [2.75, 3.05) is 6.54 Å². The highest BCUT2D eigenvalue weighted by Gasteiger charge is 2.13. The summed E-state index contributed by atoms with van der Waals surface area (Å²) < 4.78 is 2.06. The molecule has 146 valence electrons. The highest BCUT2D eigenvalue weighted by Crippen LogP contribution is 2.24. The lowest BCUT2D eigenvalue weighted by molar-refractivity contribution is -0.117. The second-order valence-corrected chi connectivity index (χ2v) is 7.24. The summed E-state index contributed by atoms with van der Waals surface area (Å²) in [5, 5.41) is 13.0. The van der Waals surface area contributed by atoms with Crippen LogP contribution in [0.1, 0.15) is 22.5 Å². The SMILES string of the molecule is Cc1cc(/C=C(\C#N)C(=O)NCCc2ccccc2)c(C)n1-c1cccc(Cl)c1. The van der Waals surface area contributed by atoms with E-state index in [4.69, 9.17) is 11.6 Å². The first kappa shape index (κ1) is 20.4. The van der Waals surface area contributed by atoms with Crippen molar-refractivity contribution in [1.29, 1.82) is 5.26 Å². The molecule has 1 amide bonds. The van der Waals surface area contributed by atoms with Crippen LogP contribution in [0, 0.1) is 25.2 Å². The topological polar surface area (TPSA) is 57.8 Å². The molecule has 0 aliphatic heterocycles. The van der Waals surface area contributed by atoms with E-state index in [0.29, 0.717) is 18.0 Å². The molecule has 0 spiro atoms. The van der Waals surface area contributed by atoms with Crippen LogP contribution in [-0.2, 0) is 11.2 Å². The number of amides is 1. The molecule has 1 N–H and O–H groups in total. The number of nitrogens with one attached hydrogen (secondary N) is 1. The fourth-order valence-corrected chi connectivity index (χ4v) is 3.50. The van der Waals surface area contributed by atoms with Crippen LogP contribution in [-0.4, -0.2) is 17.0 Å². The number of carbonyl (C=O) groups is 1. The Hall–Kier alpha value is -3.29. The first-order valence-corrected chi connectivity index (χ1v) is 9.76. The lowest BCUT2D eigenvalue weighted by Crippen LogP contribution is -2.26. The predicted molar refractivity (Wildman–Crippen MR) is 117 cm³/mol. The van der Waals surface area contributed by atoms with Crippen molar-refractivity contribution in [1.82, 2.24) is 9.88 Å². The average molecular weight is 404 g/mol. The van der Waals surface area contributed by atoms with Crippen molar-refractivity contribution < 1.29 is 4.79 Å². The molecule has 3 rings (SSSR count). The molecule has 0 radical (unpaired) electrons. The number of aromatic nitrogens is 1. The molecule has 0 bridgehead atoms. The number of nitrogens with zero attached hydrogens (tertiary/aromatic N) is 2. The van der Waals surface area contributed by atoms with Gasteiger partial charge in [0.15, 0.2) is 0 Å². The van der Waals surface area contributed by atoms with E-state index in [2.05, 4.69) is 9.88 Å². The standard InChI is InChI=1S/C24H22ClN3O/c1-17-13-20(18(2)28(17)23-10-6-9-22(25)15-23)14-21(16-26)24(29)27-12-11-19-7-4-3-5-8-19/h3-10,13-15H,11-12H2,1-2H3,(H,27,29)/b21-14+. The summed E-state index contributed by atoms with van der Waals surface area (Å²) in [6.07, 6.45) is 2.36. The monoisotopic (exact) mass is 403 g/mol. The Morgan fingerprint density at radius 1 is 1.14 bits per heavy atom. The zero-order valence-corrected chi connectivity index (χ0v) is 17.2. The van der Waals surface area contributed by atoms with E-state index < -0.39 is 0 Å². The van der Waals surface area contributed by atoms with Crippen LogP contribution in [0.3, 0.4) is 0 Å². The summed E-state index contributed by atoms with van der Waals surface area (Å²) in [5.74, 6) is -0.365. The predicted octanol–water partition coefficient (Wildman–Crippen LogP) is 5.01. The summed E-state index contributed by atoms with van der Waals surface area (Å²) in [7, 11) is 0. The minimum atomic E-state index is -0.365. The highest BCUT2D eigenvalue weighted by atomic mass is 35.5. The molecule has 0 aliphatic carbocycles. The van der Waals surface area contributed by atoms with E-state index in [1.54, 1.807) is 6.08 Å². The minimum Gasteiger partial charge on any atom is -0.351 e. The van der Waals surface area contributed by atoms with Gasteiger partial charge in [-0.3, -0.25) is 4.79 Å². The van der Waals surface area contributed by atoms with Gasteiger partial charge in [-0.05, 0) is 61.7 Å². The van der Waals surface area contributed by atoms with E-state index in [-0.39, 0.29) is 11.5 Å². The lowest BCUT2D eigenvalue weighted by atomic mass is 10.1. The van der Waals surface area contributed by atoms with Gasteiger partial charge in [-0.2, -0.15) is 5.26 Å². The van der Waals surface area contributed by atoms with E-state index >= 15 is 0 Å². The van der Waals surface area contributed by atoms with Crippen LogP contribution >= 0.6 is 11.6 Å². The van der Waals surface area contributed by atoms with Gasteiger partial charge in [0.1, 0.15) is 11.6 Å². The van der Waals surface area contributed by atoms with Crippen LogP contribution in [0.25, 0.3) is 11.8 Å². The number of aryl methyl sites for hydroxylation is 1. The largest absolute Gasteiger partial charge is 0.351 e. The minimum absolute atomic E-state index is 0.0874. The molecule has 2 aromatic carbocycles. The smallest absolute Gasteiger partial charge is 0.261 e. The Morgan fingerprint density at radius 3 is 2.59 bits per heavy atom. The number of hydrogen-bond acceptors (Lipinski definition) is 2. The molecule has 0 aliphatic rings. The number of nitriles is 1.